The fraction of sp³-hybridized carbons (Fsp3) is 0.696. The van der Waals surface area contributed by atoms with Crippen molar-refractivity contribution in [1.29, 1.82) is 0 Å². The van der Waals surface area contributed by atoms with Gasteiger partial charge in [0.1, 0.15) is 0 Å². The van der Waals surface area contributed by atoms with Crippen molar-refractivity contribution in [3.63, 3.8) is 0 Å². The molecule has 1 atom stereocenters. The molecule has 0 spiro atoms. The molecule has 6 nitrogen and oxygen atoms in total. The van der Waals surface area contributed by atoms with Gasteiger partial charge in [0.05, 0.1) is 0 Å². The van der Waals surface area contributed by atoms with Gasteiger partial charge in [-0.2, -0.15) is 0 Å². The van der Waals surface area contributed by atoms with Gasteiger partial charge in [-0.3, -0.25) is 9.69 Å². The molecule has 1 aromatic rings. The summed E-state index contributed by atoms with van der Waals surface area (Å²) < 4.78 is 4.25. The molecule has 0 saturated carbocycles. The molecule has 1 aromatic carbocycles. The van der Waals surface area contributed by atoms with E-state index in [0.717, 1.165) is 45.7 Å². The zero-order valence-electron chi connectivity index (χ0n) is 19.4. The monoisotopic (exact) mass is 406 g/mol. The molecule has 0 aromatic heterocycles. The van der Waals surface area contributed by atoms with E-state index in [1.807, 2.05) is 4.90 Å². The molecule has 0 bridgehead atoms. The van der Waals surface area contributed by atoms with Crippen LogP contribution >= 0.6 is 0 Å². The van der Waals surface area contributed by atoms with Crippen LogP contribution in [0.3, 0.4) is 0 Å². The highest BCUT2D eigenvalue weighted by Crippen LogP contribution is 2.26. The molecule has 1 unspecified atom stereocenters. The first-order valence-electron chi connectivity index (χ1n) is 10.8. The van der Waals surface area contributed by atoms with E-state index < -0.39 is 0 Å². The summed E-state index contributed by atoms with van der Waals surface area (Å²) in [5.41, 5.74) is 1.45. The van der Waals surface area contributed by atoms with Crippen molar-refractivity contribution in [2.24, 2.45) is 0 Å². The van der Waals surface area contributed by atoms with E-state index in [2.05, 4.69) is 77.6 Å². The van der Waals surface area contributed by atoms with Crippen molar-refractivity contribution in [1.82, 2.24) is 19.6 Å². The van der Waals surface area contributed by atoms with Gasteiger partial charge in [-0.15, -0.1) is 0 Å². The Kier molecular flexibility index (Phi) is 12.8. The lowest BCUT2D eigenvalue weighted by atomic mass is 10.0. The lowest BCUT2D eigenvalue weighted by Crippen LogP contribution is -2.49. The highest BCUT2D eigenvalue weighted by atomic mass is 16.4. The number of hydrogen-bond acceptors (Lipinski definition) is 5. The SMILES string of the molecule is CC(C)N1CCN(C)CC1c1ccccc1.CCN1CCN(C=O)CC1.COC. The maximum atomic E-state index is 10.3. The number of rotatable bonds is 4. The molecule has 166 valence electrons. The average molecular weight is 407 g/mol. The normalized spacial score (nSPS) is 21.1. The molecule has 1 amide bonds. The zero-order chi connectivity index (χ0) is 21.6. The third-order valence-corrected chi connectivity index (χ3v) is 5.48. The largest absolute Gasteiger partial charge is 0.388 e. The van der Waals surface area contributed by atoms with E-state index in [1.165, 1.54) is 18.7 Å². The van der Waals surface area contributed by atoms with Crippen molar-refractivity contribution in [3.05, 3.63) is 35.9 Å². The van der Waals surface area contributed by atoms with Gasteiger partial charge in [-0.1, -0.05) is 37.3 Å². The summed E-state index contributed by atoms with van der Waals surface area (Å²) in [7, 11) is 5.47. The number of amides is 1. The van der Waals surface area contributed by atoms with Crippen LogP contribution in [0.5, 0.6) is 0 Å². The third-order valence-electron chi connectivity index (χ3n) is 5.48. The summed E-state index contributed by atoms with van der Waals surface area (Å²) in [5.74, 6) is 0. The topological polar surface area (TPSA) is 39.3 Å². The second-order valence-electron chi connectivity index (χ2n) is 8.00. The quantitative estimate of drug-likeness (QED) is 0.718. The maximum absolute atomic E-state index is 10.3. The van der Waals surface area contributed by atoms with Crippen LogP contribution in [0.1, 0.15) is 32.4 Å². The van der Waals surface area contributed by atoms with Crippen LogP contribution in [0.15, 0.2) is 30.3 Å². The van der Waals surface area contributed by atoms with Gasteiger partial charge in [0, 0.05) is 72.1 Å². The first-order chi connectivity index (χ1) is 14.0. The number of benzene rings is 1. The second kappa shape index (κ2) is 14.5. The Morgan fingerprint density at radius 1 is 1.03 bits per heavy atom. The Morgan fingerprint density at radius 2 is 1.62 bits per heavy atom. The van der Waals surface area contributed by atoms with Crippen molar-refractivity contribution < 1.29 is 9.53 Å². The summed E-state index contributed by atoms with van der Waals surface area (Å²) in [5, 5.41) is 0. The van der Waals surface area contributed by atoms with Crippen LogP contribution in [-0.4, -0.2) is 106 Å². The summed E-state index contributed by atoms with van der Waals surface area (Å²) >= 11 is 0. The van der Waals surface area contributed by atoms with Crippen LogP contribution < -0.4 is 0 Å². The molecule has 2 aliphatic heterocycles. The average Bonchev–Trinajstić information content (AvgIpc) is 2.75. The van der Waals surface area contributed by atoms with Crippen LogP contribution in [0, 0.1) is 0 Å². The Balaban J connectivity index is 0.000000277. The molecule has 29 heavy (non-hydrogen) atoms. The van der Waals surface area contributed by atoms with E-state index >= 15 is 0 Å². The number of carbonyl (C=O) groups is 1. The minimum atomic E-state index is 0.556. The zero-order valence-corrected chi connectivity index (χ0v) is 19.4. The first kappa shape index (κ1) is 25.6. The molecule has 2 fully saturated rings. The minimum absolute atomic E-state index is 0.556. The van der Waals surface area contributed by atoms with E-state index in [4.69, 9.17) is 0 Å². The number of nitrogens with zero attached hydrogens (tertiary/aromatic N) is 4. The van der Waals surface area contributed by atoms with Crippen LogP contribution in [0.4, 0.5) is 0 Å². The maximum Gasteiger partial charge on any atom is 0.209 e. The first-order valence-corrected chi connectivity index (χ1v) is 10.8. The van der Waals surface area contributed by atoms with E-state index in [-0.39, 0.29) is 0 Å². The number of methoxy groups -OCH3 is 1. The molecular weight excluding hydrogens is 364 g/mol. The highest BCUT2D eigenvalue weighted by Gasteiger charge is 2.27. The highest BCUT2D eigenvalue weighted by molar-refractivity contribution is 5.47. The van der Waals surface area contributed by atoms with Gasteiger partial charge in [0.15, 0.2) is 0 Å². The van der Waals surface area contributed by atoms with Crippen molar-refractivity contribution >= 4 is 6.41 Å². The van der Waals surface area contributed by atoms with Crippen molar-refractivity contribution in [2.45, 2.75) is 32.9 Å². The van der Waals surface area contributed by atoms with Crippen molar-refractivity contribution in [2.75, 3.05) is 73.6 Å². The predicted octanol–water partition coefficient (Wildman–Crippen LogP) is 2.43. The van der Waals surface area contributed by atoms with Crippen molar-refractivity contribution in [3.8, 4) is 0 Å². The van der Waals surface area contributed by atoms with Gasteiger partial charge in [0.25, 0.3) is 0 Å². The number of ether oxygens (including phenoxy) is 1. The fourth-order valence-electron chi connectivity index (χ4n) is 3.71. The molecule has 0 aliphatic carbocycles. The van der Waals surface area contributed by atoms with Gasteiger partial charge in [-0.05, 0) is 33.0 Å². The Labute approximate surface area is 178 Å². The molecular formula is C23H42N4O2. The summed E-state index contributed by atoms with van der Waals surface area (Å²) in [4.78, 5) is 19.5. The number of piperazine rings is 2. The third kappa shape index (κ3) is 9.26. The van der Waals surface area contributed by atoms with Crippen LogP contribution in [0.25, 0.3) is 0 Å². The predicted molar refractivity (Wildman–Crippen MR) is 121 cm³/mol. The standard InChI is InChI=1S/C14H22N2.C7H14N2O.C2H6O/c1-12(2)16-10-9-15(3)11-14(16)13-7-5-4-6-8-13;1-2-8-3-5-9(7-10)6-4-8;1-3-2/h4-8,12,14H,9-11H2,1-3H3;7H,2-6H2,1H3;1-2H3. The summed E-state index contributed by atoms with van der Waals surface area (Å²) in [6, 6.07) is 12.1. The number of carbonyl (C=O) groups excluding carboxylic acids is 1. The summed E-state index contributed by atoms with van der Waals surface area (Å²) in [6.45, 7) is 15.2. The Hall–Kier alpha value is -1.47. The molecule has 2 aliphatic rings. The lowest BCUT2D eigenvalue weighted by Gasteiger charge is -2.42. The number of hydrogen-bond donors (Lipinski definition) is 0. The van der Waals surface area contributed by atoms with Gasteiger partial charge >= 0.3 is 0 Å². The van der Waals surface area contributed by atoms with E-state index in [0.29, 0.717) is 12.1 Å². The molecule has 2 heterocycles. The molecule has 6 heteroatoms. The second-order valence-corrected chi connectivity index (χ2v) is 8.00. The lowest BCUT2D eigenvalue weighted by molar-refractivity contribution is -0.119. The van der Waals surface area contributed by atoms with Gasteiger partial charge < -0.3 is 19.4 Å². The Bertz CT molecular complexity index is 533. The van der Waals surface area contributed by atoms with E-state index in [1.54, 1.807) is 14.2 Å². The van der Waals surface area contributed by atoms with E-state index in [9.17, 15) is 4.79 Å². The Morgan fingerprint density at radius 3 is 2.10 bits per heavy atom. The molecule has 3 rings (SSSR count). The smallest absolute Gasteiger partial charge is 0.209 e. The molecule has 0 N–H and O–H groups in total. The fourth-order valence-corrected chi connectivity index (χ4v) is 3.71. The van der Waals surface area contributed by atoms with Gasteiger partial charge in [0.2, 0.25) is 6.41 Å². The minimum Gasteiger partial charge on any atom is -0.388 e. The molecule has 0 radical (unpaired) electrons. The summed E-state index contributed by atoms with van der Waals surface area (Å²) in [6.07, 6.45) is 0.938. The number of likely N-dealkylation sites (N-methyl/N-ethyl adjacent to an activating group) is 2. The van der Waals surface area contributed by atoms with Crippen LogP contribution in [0.2, 0.25) is 0 Å². The molecule has 2 saturated heterocycles. The van der Waals surface area contributed by atoms with Crippen LogP contribution in [-0.2, 0) is 9.53 Å². The van der Waals surface area contributed by atoms with Gasteiger partial charge in [-0.25, -0.2) is 0 Å².